The summed E-state index contributed by atoms with van der Waals surface area (Å²) in [5.41, 5.74) is 0.135. The van der Waals surface area contributed by atoms with Gasteiger partial charge in [0.1, 0.15) is 6.10 Å². The van der Waals surface area contributed by atoms with Gasteiger partial charge in [-0.25, -0.2) is 4.39 Å². The highest BCUT2D eigenvalue weighted by molar-refractivity contribution is 14.0. The van der Waals surface area contributed by atoms with Crippen LogP contribution in [-0.2, 0) is 4.74 Å². The number of rotatable bonds is 8. The van der Waals surface area contributed by atoms with Gasteiger partial charge in [-0.3, -0.25) is 4.99 Å². The number of para-hydroxylation sites is 1. The zero-order chi connectivity index (χ0) is 17.4. The van der Waals surface area contributed by atoms with E-state index in [0.29, 0.717) is 13.1 Å². The molecule has 1 atom stereocenters. The van der Waals surface area contributed by atoms with Gasteiger partial charge < -0.3 is 20.1 Å². The average molecular weight is 465 g/mol. The van der Waals surface area contributed by atoms with E-state index < -0.39 is 0 Å². The molecule has 25 heavy (non-hydrogen) atoms. The van der Waals surface area contributed by atoms with E-state index in [0.717, 1.165) is 32.1 Å². The number of halogens is 2. The number of ether oxygens (including phenoxy) is 2. The molecule has 1 aliphatic rings. The highest BCUT2D eigenvalue weighted by Crippen LogP contribution is 2.26. The number of guanidine groups is 1. The van der Waals surface area contributed by atoms with Crippen LogP contribution in [0.15, 0.2) is 29.3 Å². The maximum Gasteiger partial charge on any atom is 0.191 e. The third-order valence-electron chi connectivity index (χ3n) is 3.95. The number of nitrogens with one attached hydrogen (secondary N) is 2. The van der Waals surface area contributed by atoms with E-state index in [1.54, 1.807) is 18.2 Å². The van der Waals surface area contributed by atoms with Gasteiger partial charge in [-0.1, -0.05) is 26.0 Å². The van der Waals surface area contributed by atoms with Crippen molar-refractivity contribution in [3.05, 3.63) is 30.1 Å². The van der Waals surface area contributed by atoms with Crippen molar-refractivity contribution in [2.75, 3.05) is 32.8 Å². The molecule has 2 rings (SSSR count). The fraction of sp³-hybridized carbons (Fsp3) is 0.611. The third-order valence-corrected chi connectivity index (χ3v) is 3.95. The number of nitrogens with zero attached hydrogens (tertiary/aromatic N) is 1. The smallest absolute Gasteiger partial charge is 0.191 e. The van der Waals surface area contributed by atoms with Gasteiger partial charge in [0.25, 0.3) is 0 Å². The second-order valence-corrected chi connectivity index (χ2v) is 6.46. The highest BCUT2D eigenvalue weighted by atomic mass is 127. The molecule has 1 aromatic carbocycles. The van der Waals surface area contributed by atoms with E-state index in [9.17, 15) is 4.39 Å². The molecule has 1 aliphatic heterocycles. The summed E-state index contributed by atoms with van der Waals surface area (Å²) in [5, 5.41) is 6.51. The van der Waals surface area contributed by atoms with E-state index in [-0.39, 0.29) is 47.1 Å². The Labute approximate surface area is 166 Å². The number of benzene rings is 1. The number of aliphatic imine (C=N–C) groups is 1. The standard InChI is InChI=1S/C18H28FN3O2.HI/c1-4-14(24-16-9-7-6-8-15(16)19)10-21-17(20-5-2)22-11-18(3)12-23-13-18;/h6-9,14H,4-5,10-13H2,1-3H3,(H2,20,21,22);1H. The molecule has 1 heterocycles. The maximum absolute atomic E-state index is 13.7. The first-order valence-corrected chi connectivity index (χ1v) is 8.57. The molecule has 0 aromatic heterocycles. The SMILES string of the molecule is CCNC(=NCC1(C)COC1)NCC(CC)Oc1ccccc1F.I. The van der Waals surface area contributed by atoms with Gasteiger partial charge in [0.05, 0.1) is 26.3 Å². The second-order valence-electron chi connectivity index (χ2n) is 6.46. The molecule has 0 radical (unpaired) electrons. The first-order valence-electron chi connectivity index (χ1n) is 8.57. The molecule has 0 bridgehead atoms. The van der Waals surface area contributed by atoms with Gasteiger partial charge >= 0.3 is 0 Å². The minimum Gasteiger partial charge on any atom is -0.486 e. The molecule has 1 aromatic rings. The summed E-state index contributed by atoms with van der Waals surface area (Å²) in [5.74, 6) is 0.697. The quantitative estimate of drug-likeness (QED) is 0.352. The van der Waals surface area contributed by atoms with Crippen LogP contribution in [0.1, 0.15) is 27.2 Å². The highest BCUT2D eigenvalue weighted by Gasteiger charge is 2.33. The Morgan fingerprint density at radius 2 is 2.04 bits per heavy atom. The van der Waals surface area contributed by atoms with Crippen molar-refractivity contribution in [1.29, 1.82) is 0 Å². The maximum atomic E-state index is 13.7. The van der Waals surface area contributed by atoms with E-state index in [1.165, 1.54) is 6.07 Å². The van der Waals surface area contributed by atoms with Crippen LogP contribution in [0.2, 0.25) is 0 Å². The Morgan fingerprint density at radius 3 is 2.60 bits per heavy atom. The van der Waals surface area contributed by atoms with Gasteiger partial charge in [-0.2, -0.15) is 0 Å². The Balaban J connectivity index is 0.00000312. The van der Waals surface area contributed by atoms with Crippen LogP contribution >= 0.6 is 24.0 Å². The molecule has 1 saturated heterocycles. The van der Waals surface area contributed by atoms with Gasteiger partial charge in [0.2, 0.25) is 0 Å². The fourth-order valence-electron chi connectivity index (χ4n) is 2.35. The summed E-state index contributed by atoms with van der Waals surface area (Å²) in [6.45, 7) is 9.77. The van der Waals surface area contributed by atoms with Crippen molar-refractivity contribution in [3.63, 3.8) is 0 Å². The van der Waals surface area contributed by atoms with Crippen molar-refractivity contribution in [2.24, 2.45) is 10.4 Å². The van der Waals surface area contributed by atoms with Crippen LogP contribution in [0.4, 0.5) is 4.39 Å². The molecule has 5 nitrogen and oxygen atoms in total. The largest absolute Gasteiger partial charge is 0.486 e. The first-order chi connectivity index (χ1) is 11.6. The predicted octanol–water partition coefficient (Wildman–Crippen LogP) is 3.19. The lowest BCUT2D eigenvalue weighted by Gasteiger charge is -2.36. The van der Waals surface area contributed by atoms with Crippen molar-refractivity contribution < 1.29 is 13.9 Å². The molecule has 1 fully saturated rings. The van der Waals surface area contributed by atoms with Gasteiger partial charge in [0, 0.05) is 12.0 Å². The van der Waals surface area contributed by atoms with Gasteiger partial charge in [0.15, 0.2) is 17.5 Å². The van der Waals surface area contributed by atoms with E-state index in [4.69, 9.17) is 9.47 Å². The van der Waals surface area contributed by atoms with Gasteiger partial charge in [-0.05, 0) is 25.5 Å². The number of hydrogen-bond donors (Lipinski definition) is 2. The molecule has 0 aliphatic carbocycles. The monoisotopic (exact) mass is 465 g/mol. The normalized spacial score (nSPS) is 17.0. The van der Waals surface area contributed by atoms with Gasteiger partial charge in [-0.15, -0.1) is 24.0 Å². The molecule has 0 saturated carbocycles. The van der Waals surface area contributed by atoms with Crippen LogP contribution in [0.3, 0.4) is 0 Å². The molecule has 7 heteroatoms. The number of hydrogen-bond acceptors (Lipinski definition) is 3. The predicted molar refractivity (Wildman–Crippen MR) is 109 cm³/mol. The third kappa shape index (κ3) is 6.97. The van der Waals surface area contributed by atoms with Crippen molar-refractivity contribution >= 4 is 29.9 Å². The van der Waals surface area contributed by atoms with Crippen molar-refractivity contribution in [1.82, 2.24) is 10.6 Å². The van der Waals surface area contributed by atoms with Crippen molar-refractivity contribution in [2.45, 2.75) is 33.3 Å². The average Bonchev–Trinajstić information content (AvgIpc) is 2.56. The van der Waals surface area contributed by atoms with Crippen LogP contribution in [0.5, 0.6) is 5.75 Å². The lowest BCUT2D eigenvalue weighted by atomic mass is 9.89. The summed E-state index contributed by atoms with van der Waals surface area (Å²) >= 11 is 0. The Morgan fingerprint density at radius 1 is 1.32 bits per heavy atom. The minimum absolute atomic E-state index is 0. The summed E-state index contributed by atoms with van der Waals surface area (Å²) in [6, 6.07) is 6.48. The molecule has 142 valence electrons. The lowest BCUT2D eigenvalue weighted by Crippen LogP contribution is -2.46. The van der Waals surface area contributed by atoms with Crippen LogP contribution < -0.4 is 15.4 Å². The molecular weight excluding hydrogens is 436 g/mol. The molecule has 1 unspecified atom stereocenters. The fourth-order valence-corrected chi connectivity index (χ4v) is 2.35. The molecule has 0 amide bonds. The lowest BCUT2D eigenvalue weighted by molar-refractivity contribution is -0.0945. The summed E-state index contributed by atoms with van der Waals surface area (Å²) in [7, 11) is 0. The Bertz CT molecular complexity index is 553. The zero-order valence-corrected chi connectivity index (χ0v) is 17.5. The van der Waals surface area contributed by atoms with Crippen LogP contribution in [-0.4, -0.2) is 44.9 Å². The Hall–Kier alpha value is -1.09. The second kappa shape index (κ2) is 10.8. The van der Waals surface area contributed by atoms with E-state index in [1.807, 2.05) is 13.8 Å². The summed E-state index contributed by atoms with van der Waals surface area (Å²) < 4.78 is 24.7. The zero-order valence-electron chi connectivity index (χ0n) is 15.2. The van der Waals surface area contributed by atoms with E-state index >= 15 is 0 Å². The molecule has 0 spiro atoms. The van der Waals surface area contributed by atoms with E-state index in [2.05, 4.69) is 22.5 Å². The topological polar surface area (TPSA) is 54.9 Å². The minimum atomic E-state index is -0.338. The first kappa shape index (κ1) is 22.0. The molecular formula is C18H29FIN3O2. The summed E-state index contributed by atoms with van der Waals surface area (Å²) in [6.07, 6.45) is 0.639. The summed E-state index contributed by atoms with van der Waals surface area (Å²) in [4.78, 5) is 4.62. The molecule has 2 N–H and O–H groups in total. The van der Waals surface area contributed by atoms with Crippen LogP contribution in [0.25, 0.3) is 0 Å². The van der Waals surface area contributed by atoms with Crippen LogP contribution in [0, 0.1) is 11.2 Å². The Kier molecular flexibility index (Phi) is 9.48. The van der Waals surface area contributed by atoms with Crippen molar-refractivity contribution in [3.8, 4) is 5.75 Å².